The van der Waals surface area contributed by atoms with Crippen molar-refractivity contribution in [2.75, 3.05) is 52.5 Å². The highest BCUT2D eigenvalue weighted by Crippen LogP contribution is 2.20. The van der Waals surface area contributed by atoms with E-state index in [1.54, 1.807) is 11.3 Å². The smallest absolute Gasteiger partial charge is 0.225 e. The zero-order valence-electron chi connectivity index (χ0n) is 14.6. The molecule has 3 heterocycles. The number of carbonyl (C=O) groups is 1. The van der Waals surface area contributed by atoms with Crippen LogP contribution in [0, 0.1) is 5.92 Å². The molecule has 140 valence electrons. The molecule has 0 radical (unpaired) electrons. The average molecular weight is 368 g/mol. The third kappa shape index (κ3) is 5.76. The first-order chi connectivity index (χ1) is 12.2. The standard InChI is InChI=1S/C18H28N2O4S/c21-16(13-24-14-17-2-1-11-25-17)12-19-5-3-15(4-6-19)18(22)20-7-9-23-10-8-20/h1-2,11,15-16,21H,3-10,12-14H2. The van der Waals surface area contributed by atoms with Crippen molar-refractivity contribution in [3.63, 3.8) is 0 Å². The van der Waals surface area contributed by atoms with Crippen LogP contribution < -0.4 is 0 Å². The van der Waals surface area contributed by atoms with Gasteiger partial charge in [-0.1, -0.05) is 6.07 Å². The molecule has 1 aromatic rings. The quantitative estimate of drug-likeness (QED) is 0.784. The summed E-state index contributed by atoms with van der Waals surface area (Å²) in [7, 11) is 0. The summed E-state index contributed by atoms with van der Waals surface area (Å²) < 4.78 is 10.9. The molecule has 1 amide bonds. The van der Waals surface area contributed by atoms with Gasteiger partial charge in [-0.25, -0.2) is 0 Å². The number of thiophene rings is 1. The Kier molecular flexibility index (Phi) is 7.24. The second kappa shape index (κ2) is 9.64. The Labute approximate surface area is 153 Å². The number of piperidine rings is 1. The van der Waals surface area contributed by atoms with Crippen LogP contribution in [0.2, 0.25) is 0 Å². The molecule has 1 atom stereocenters. The van der Waals surface area contributed by atoms with Gasteiger partial charge in [0.15, 0.2) is 0 Å². The minimum Gasteiger partial charge on any atom is -0.389 e. The van der Waals surface area contributed by atoms with E-state index in [-0.39, 0.29) is 11.8 Å². The minimum atomic E-state index is -0.480. The summed E-state index contributed by atoms with van der Waals surface area (Å²) in [5.41, 5.74) is 0. The fourth-order valence-corrected chi connectivity index (χ4v) is 4.09. The Balaban J connectivity index is 1.32. The van der Waals surface area contributed by atoms with E-state index < -0.39 is 6.10 Å². The number of hydrogen-bond donors (Lipinski definition) is 1. The Morgan fingerprint density at radius 1 is 1.32 bits per heavy atom. The Morgan fingerprint density at radius 2 is 2.08 bits per heavy atom. The molecule has 1 unspecified atom stereocenters. The highest BCUT2D eigenvalue weighted by Gasteiger charge is 2.29. The number of rotatable bonds is 7. The van der Waals surface area contributed by atoms with E-state index in [2.05, 4.69) is 4.90 Å². The summed E-state index contributed by atoms with van der Waals surface area (Å²) in [6.45, 7) is 6.01. The molecular formula is C18H28N2O4S. The molecule has 0 saturated carbocycles. The van der Waals surface area contributed by atoms with Gasteiger partial charge in [0.25, 0.3) is 0 Å². The topological polar surface area (TPSA) is 62.2 Å². The Morgan fingerprint density at radius 3 is 2.76 bits per heavy atom. The van der Waals surface area contributed by atoms with Gasteiger partial charge >= 0.3 is 0 Å². The van der Waals surface area contributed by atoms with Gasteiger partial charge in [0.2, 0.25) is 5.91 Å². The van der Waals surface area contributed by atoms with E-state index in [4.69, 9.17) is 9.47 Å². The van der Waals surface area contributed by atoms with Gasteiger partial charge in [0, 0.05) is 30.4 Å². The van der Waals surface area contributed by atoms with Crippen LogP contribution >= 0.6 is 11.3 Å². The molecule has 0 aliphatic carbocycles. The van der Waals surface area contributed by atoms with E-state index in [1.807, 2.05) is 22.4 Å². The molecule has 25 heavy (non-hydrogen) atoms. The van der Waals surface area contributed by atoms with Gasteiger partial charge in [-0.15, -0.1) is 11.3 Å². The molecule has 2 aliphatic heterocycles. The van der Waals surface area contributed by atoms with Crippen LogP contribution in [0.15, 0.2) is 17.5 Å². The van der Waals surface area contributed by atoms with E-state index in [0.29, 0.717) is 33.0 Å². The minimum absolute atomic E-state index is 0.126. The summed E-state index contributed by atoms with van der Waals surface area (Å²) in [6.07, 6.45) is 1.27. The molecule has 7 heteroatoms. The maximum Gasteiger partial charge on any atom is 0.225 e. The third-order valence-electron chi connectivity index (χ3n) is 4.86. The summed E-state index contributed by atoms with van der Waals surface area (Å²) >= 11 is 1.66. The highest BCUT2D eigenvalue weighted by molar-refractivity contribution is 7.09. The number of likely N-dealkylation sites (tertiary alicyclic amines) is 1. The van der Waals surface area contributed by atoms with Crippen molar-refractivity contribution in [2.24, 2.45) is 5.92 Å². The lowest BCUT2D eigenvalue weighted by molar-refractivity contribution is -0.141. The summed E-state index contributed by atoms with van der Waals surface area (Å²) in [5.74, 6) is 0.407. The maximum atomic E-state index is 12.5. The van der Waals surface area contributed by atoms with E-state index >= 15 is 0 Å². The molecule has 2 saturated heterocycles. The second-order valence-electron chi connectivity index (χ2n) is 6.76. The average Bonchev–Trinajstić information content (AvgIpc) is 3.16. The van der Waals surface area contributed by atoms with Gasteiger partial charge < -0.3 is 24.4 Å². The van der Waals surface area contributed by atoms with Crippen LogP contribution in [0.1, 0.15) is 17.7 Å². The summed E-state index contributed by atoms with van der Waals surface area (Å²) in [5, 5.41) is 12.2. The van der Waals surface area contributed by atoms with Crippen LogP contribution in [-0.4, -0.2) is 79.5 Å². The second-order valence-corrected chi connectivity index (χ2v) is 7.79. The fourth-order valence-electron chi connectivity index (χ4n) is 3.45. The largest absolute Gasteiger partial charge is 0.389 e. The molecule has 0 bridgehead atoms. The number of aliphatic hydroxyl groups is 1. The maximum absolute atomic E-state index is 12.5. The Bertz CT molecular complexity index is 511. The van der Waals surface area contributed by atoms with Crippen molar-refractivity contribution in [2.45, 2.75) is 25.6 Å². The highest BCUT2D eigenvalue weighted by atomic mass is 32.1. The van der Waals surface area contributed by atoms with Crippen molar-refractivity contribution in [3.8, 4) is 0 Å². The third-order valence-corrected chi connectivity index (χ3v) is 5.71. The van der Waals surface area contributed by atoms with Crippen LogP contribution in [0.5, 0.6) is 0 Å². The number of nitrogens with zero attached hydrogens (tertiary/aromatic N) is 2. The molecule has 1 aromatic heterocycles. The number of β-amino-alcohol motifs (C(OH)–C–C–N with tert-alkyl or cyclic N) is 1. The Hall–Kier alpha value is -0.990. The number of carbonyl (C=O) groups excluding carboxylic acids is 1. The monoisotopic (exact) mass is 368 g/mol. The predicted octanol–water partition coefficient (Wildman–Crippen LogP) is 1.20. The van der Waals surface area contributed by atoms with Crippen molar-refractivity contribution < 1.29 is 19.4 Å². The van der Waals surface area contributed by atoms with Gasteiger partial charge in [0.1, 0.15) is 0 Å². The van der Waals surface area contributed by atoms with Crippen molar-refractivity contribution in [1.29, 1.82) is 0 Å². The van der Waals surface area contributed by atoms with Crippen LogP contribution in [0.3, 0.4) is 0 Å². The lowest BCUT2D eigenvalue weighted by Crippen LogP contribution is -2.47. The summed E-state index contributed by atoms with van der Waals surface area (Å²) in [6, 6.07) is 4.04. The van der Waals surface area contributed by atoms with E-state index in [0.717, 1.165) is 39.0 Å². The van der Waals surface area contributed by atoms with Crippen LogP contribution in [-0.2, 0) is 20.9 Å². The lowest BCUT2D eigenvalue weighted by atomic mass is 9.95. The van der Waals surface area contributed by atoms with Crippen LogP contribution in [0.4, 0.5) is 0 Å². The van der Waals surface area contributed by atoms with Crippen molar-refractivity contribution >= 4 is 17.2 Å². The number of ether oxygens (including phenoxy) is 2. The normalized spacial score (nSPS) is 21.4. The van der Waals surface area contributed by atoms with Gasteiger partial charge in [0.05, 0.1) is 32.5 Å². The molecule has 3 rings (SSSR count). The van der Waals surface area contributed by atoms with Gasteiger partial charge in [-0.05, 0) is 37.4 Å². The molecule has 1 N–H and O–H groups in total. The fraction of sp³-hybridized carbons (Fsp3) is 0.722. The number of hydrogen-bond acceptors (Lipinski definition) is 6. The SMILES string of the molecule is O=C(C1CCN(CC(O)COCc2cccs2)CC1)N1CCOCC1. The lowest BCUT2D eigenvalue weighted by Gasteiger charge is -2.36. The number of amides is 1. The first-order valence-electron chi connectivity index (χ1n) is 9.09. The zero-order valence-corrected chi connectivity index (χ0v) is 15.5. The zero-order chi connectivity index (χ0) is 17.5. The van der Waals surface area contributed by atoms with E-state index in [9.17, 15) is 9.90 Å². The molecule has 6 nitrogen and oxygen atoms in total. The first-order valence-corrected chi connectivity index (χ1v) is 9.97. The molecule has 2 fully saturated rings. The predicted molar refractivity (Wildman–Crippen MR) is 96.5 cm³/mol. The molecule has 0 aromatic carbocycles. The molecular weight excluding hydrogens is 340 g/mol. The number of aliphatic hydroxyl groups excluding tert-OH is 1. The van der Waals surface area contributed by atoms with E-state index in [1.165, 1.54) is 4.88 Å². The van der Waals surface area contributed by atoms with Crippen LogP contribution in [0.25, 0.3) is 0 Å². The van der Waals surface area contributed by atoms with Crippen molar-refractivity contribution in [3.05, 3.63) is 22.4 Å². The van der Waals surface area contributed by atoms with Gasteiger partial charge in [-0.2, -0.15) is 0 Å². The molecule has 2 aliphatic rings. The molecule has 0 spiro atoms. The van der Waals surface area contributed by atoms with Crippen molar-refractivity contribution in [1.82, 2.24) is 9.80 Å². The first kappa shape index (κ1) is 18.8. The number of morpholine rings is 1. The van der Waals surface area contributed by atoms with Gasteiger partial charge in [-0.3, -0.25) is 4.79 Å². The summed E-state index contributed by atoms with van der Waals surface area (Å²) in [4.78, 5) is 17.9.